The molecule has 5 nitrogen and oxygen atoms in total. The molecule has 2 aromatic rings. The standard InChI is InChI=1S/C25H31ClFN3O2/c1-17-11-18(2)15-30(14-17)16-20-5-3-19(4-6-20)13-29-24(31)9-10-28-25(32)22-8-7-21(27)12-23(22)26/h3-8,12,17-18H,9-11,13-16H2,1-2H3,(H,28,32)(H,29,31). The summed E-state index contributed by atoms with van der Waals surface area (Å²) in [7, 11) is 0. The van der Waals surface area contributed by atoms with Crippen molar-refractivity contribution in [2.75, 3.05) is 19.6 Å². The smallest absolute Gasteiger partial charge is 0.252 e. The van der Waals surface area contributed by atoms with Crippen LogP contribution in [0.4, 0.5) is 4.39 Å². The molecule has 1 fully saturated rings. The number of likely N-dealkylation sites (tertiary alicyclic amines) is 1. The fourth-order valence-electron chi connectivity index (χ4n) is 4.29. The molecule has 3 rings (SSSR count). The van der Waals surface area contributed by atoms with Gasteiger partial charge in [0, 0.05) is 39.1 Å². The number of carbonyl (C=O) groups is 2. The van der Waals surface area contributed by atoms with E-state index in [1.165, 1.54) is 24.1 Å². The van der Waals surface area contributed by atoms with E-state index in [2.05, 4.69) is 41.5 Å². The SMILES string of the molecule is CC1CC(C)CN(Cc2ccc(CNC(=O)CCNC(=O)c3ccc(F)cc3Cl)cc2)C1. The summed E-state index contributed by atoms with van der Waals surface area (Å²) in [6.45, 7) is 8.49. The van der Waals surface area contributed by atoms with Crippen LogP contribution in [0.15, 0.2) is 42.5 Å². The molecule has 1 heterocycles. The summed E-state index contributed by atoms with van der Waals surface area (Å²) in [5, 5.41) is 5.54. The quantitative estimate of drug-likeness (QED) is 0.615. The topological polar surface area (TPSA) is 61.4 Å². The molecule has 0 aliphatic carbocycles. The van der Waals surface area contributed by atoms with Crippen molar-refractivity contribution < 1.29 is 14.0 Å². The van der Waals surface area contributed by atoms with Gasteiger partial charge in [-0.15, -0.1) is 0 Å². The van der Waals surface area contributed by atoms with Crippen LogP contribution in [0.25, 0.3) is 0 Å². The molecule has 2 atom stereocenters. The summed E-state index contributed by atoms with van der Waals surface area (Å²) in [4.78, 5) is 26.7. The van der Waals surface area contributed by atoms with E-state index in [1.54, 1.807) is 0 Å². The largest absolute Gasteiger partial charge is 0.352 e. The first kappa shape index (κ1) is 24.2. The van der Waals surface area contributed by atoms with E-state index in [4.69, 9.17) is 11.6 Å². The van der Waals surface area contributed by atoms with Gasteiger partial charge < -0.3 is 10.6 Å². The number of rotatable bonds is 8. The molecule has 2 amide bonds. The van der Waals surface area contributed by atoms with Gasteiger partial charge in [-0.3, -0.25) is 14.5 Å². The van der Waals surface area contributed by atoms with E-state index in [1.807, 2.05) is 12.1 Å². The van der Waals surface area contributed by atoms with Crippen LogP contribution in [0.5, 0.6) is 0 Å². The summed E-state index contributed by atoms with van der Waals surface area (Å²) in [5.41, 5.74) is 2.50. The van der Waals surface area contributed by atoms with E-state index >= 15 is 0 Å². The predicted octanol–water partition coefficient (Wildman–Crippen LogP) is 4.39. The Labute approximate surface area is 194 Å². The van der Waals surface area contributed by atoms with Crippen molar-refractivity contribution in [3.8, 4) is 0 Å². The number of hydrogen-bond donors (Lipinski definition) is 2. The lowest BCUT2D eigenvalue weighted by molar-refractivity contribution is -0.121. The summed E-state index contributed by atoms with van der Waals surface area (Å²) < 4.78 is 13.1. The first-order chi connectivity index (χ1) is 15.3. The van der Waals surface area contributed by atoms with Crippen molar-refractivity contribution in [1.82, 2.24) is 15.5 Å². The molecule has 2 unspecified atom stereocenters. The third kappa shape index (κ3) is 7.31. The van der Waals surface area contributed by atoms with Gasteiger partial charge in [0.1, 0.15) is 5.82 Å². The van der Waals surface area contributed by atoms with E-state index in [9.17, 15) is 14.0 Å². The second kappa shape index (κ2) is 11.4. The maximum atomic E-state index is 13.1. The second-order valence-electron chi connectivity index (χ2n) is 8.86. The third-order valence-corrected chi connectivity index (χ3v) is 5.99. The Kier molecular flexibility index (Phi) is 8.65. The molecule has 172 valence electrons. The number of nitrogens with one attached hydrogen (secondary N) is 2. The molecule has 0 saturated carbocycles. The minimum atomic E-state index is -0.505. The van der Waals surface area contributed by atoms with Gasteiger partial charge in [-0.05, 0) is 47.6 Å². The number of halogens is 2. The molecule has 0 spiro atoms. The van der Waals surface area contributed by atoms with Crippen molar-refractivity contribution in [3.05, 3.63) is 70.0 Å². The highest BCUT2D eigenvalue weighted by molar-refractivity contribution is 6.33. The molecule has 1 aliphatic heterocycles. The fraction of sp³-hybridized carbons (Fsp3) is 0.440. The summed E-state index contributed by atoms with van der Waals surface area (Å²) in [6, 6.07) is 11.9. The van der Waals surface area contributed by atoms with Gasteiger partial charge in [0.2, 0.25) is 5.91 Å². The number of piperidine rings is 1. The van der Waals surface area contributed by atoms with Crippen molar-refractivity contribution in [2.45, 2.75) is 39.8 Å². The Bertz CT molecular complexity index is 925. The molecule has 0 aromatic heterocycles. The Morgan fingerprint density at radius 3 is 2.34 bits per heavy atom. The van der Waals surface area contributed by atoms with Gasteiger partial charge in [0.25, 0.3) is 5.91 Å². The zero-order valence-corrected chi connectivity index (χ0v) is 19.4. The molecule has 1 saturated heterocycles. The molecule has 0 bridgehead atoms. The number of nitrogens with zero attached hydrogens (tertiary/aromatic N) is 1. The van der Waals surface area contributed by atoms with Crippen LogP contribution < -0.4 is 10.6 Å². The predicted molar refractivity (Wildman–Crippen MR) is 125 cm³/mol. The average molecular weight is 460 g/mol. The maximum absolute atomic E-state index is 13.1. The van der Waals surface area contributed by atoms with Crippen LogP contribution >= 0.6 is 11.6 Å². The summed E-state index contributed by atoms with van der Waals surface area (Å²) in [6.07, 6.45) is 1.45. The third-order valence-electron chi connectivity index (χ3n) is 5.68. The molecule has 32 heavy (non-hydrogen) atoms. The lowest BCUT2D eigenvalue weighted by atomic mass is 9.91. The van der Waals surface area contributed by atoms with Crippen molar-refractivity contribution in [1.29, 1.82) is 0 Å². The molecule has 1 aliphatic rings. The number of amides is 2. The number of hydrogen-bond acceptors (Lipinski definition) is 3. The van der Waals surface area contributed by atoms with Gasteiger partial charge in [0.15, 0.2) is 0 Å². The second-order valence-corrected chi connectivity index (χ2v) is 9.27. The molecule has 7 heteroatoms. The molecule has 2 aromatic carbocycles. The van der Waals surface area contributed by atoms with Crippen LogP contribution in [0.1, 0.15) is 48.2 Å². The maximum Gasteiger partial charge on any atom is 0.252 e. The van der Waals surface area contributed by atoms with Gasteiger partial charge >= 0.3 is 0 Å². The zero-order valence-electron chi connectivity index (χ0n) is 18.7. The van der Waals surface area contributed by atoms with Gasteiger partial charge in [-0.2, -0.15) is 0 Å². The minimum Gasteiger partial charge on any atom is -0.352 e. The van der Waals surface area contributed by atoms with Crippen molar-refractivity contribution in [3.63, 3.8) is 0 Å². The highest BCUT2D eigenvalue weighted by Gasteiger charge is 2.21. The first-order valence-corrected chi connectivity index (χ1v) is 11.5. The highest BCUT2D eigenvalue weighted by atomic mass is 35.5. The van der Waals surface area contributed by atoms with Gasteiger partial charge in [0.05, 0.1) is 10.6 Å². The van der Waals surface area contributed by atoms with Crippen molar-refractivity contribution in [2.24, 2.45) is 11.8 Å². The normalized spacial score (nSPS) is 18.9. The van der Waals surface area contributed by atoms with Gasteiger partial charge in [-0.1, -0.05) is 49.7 Å². The molecular weight excluding hydrogens is 429 g/mol. The average Bonchev–Trinajstić information content (AvgIpc) is 2.72. The Morgan fingerprint density at radius 1 is 1.03 bits per heavy atom. The lowest BCUT2D eigenvalue weighted by Crippen LogP contribution is -2.38. The first-order valence-electron chi connectivity index (χ1n) is 11.1. The zero-order chi connectivity index (χ0) is 23.1. The fourth-order valence-corrected chi connectivity index (χ4v) is 4.54. The van der Waals surface area contributed by atoms with E-state index in [0.29, 0.717) is 6.54 Å². The minimum absolute atomic E-state index is 0.0414. The van der Waals surface area contributed by atoms with E-state index in [0.717, 1.165) is 43.1 Å². The Hall–Kier alpha value is -2.44. The lowest BCUT2D eigenvalue weighted by Gasteiger charge is -2.35. The van der Waals surface area contributed by atoms with E-state index < -0.39 is 11.7 Å². The van der Waals surface area contributed by atoms with Crippen LogP contribution in [0.3, 0.4) is 0 Å². The molecule has 0 radical (unpaired) electrons. The molecule has 2 N–H and O–H groups in total. The van der Waals surface area contributed by atoms with Gasteiger partial charge in [-0.25, -0.2) is 4.39 Å². The molecular formula is C25H31ClFN3O2. The number of carbonyl (C=O) groups excluding carboxylic acids is 2. The van der Waals surface area contributed by atoms with Crippen molar-refractivity contribution >= 4 is 23.4 Å². The van der Waals surface area contributed by atoms with Crippen LogP contribution in [0.2, 0.25) is 5.02 Å². The Balaban J connectivity index is 1.37. The monoisotopic (exact) mass is 459 g/mol. The Morgan fingerprint density at radius 2 is 1.69 bits per heavy atom. The number of benzene rings is 2. The summed E-state index contributed by atoms with van der Waals surface area (Å²) >= 11 is 5.88. The van der Waals surface area contributed by atoms with Crippen LogP contribution in [0, 0.1) is 17.7 Å². The van der Waals surface area contributed by atoms with E-state index in [-0.39, 0.29) is 29.5 Å². The van der Waals surface area contributed by atoms with Crippen LogP contribution in [-0.2, 0) is 17.9 Å². The van der Waals surface area contributed by atoms with Crippen LogP contribution in [-0.4, -0.2) is 36.3 Å². The summed E-state index contributed by atoms with van der Waals surface area (Å²) in [5.74, 6) is 0.387. The highest BCUT2D eigenvalue weighted by Crippen LogP contribution is 2.22.